The SMILES string of the molecule is CC1(C)c2ccccc2-c2ccc(N(c3ccc(-c4ccc5c(c4)C4(C)C=CCCC4N5c4ccccc4)cc3)c3cccc(-c4ccccc4)c3)cc21. The Kier molecular flexibility index (Phi) is 7.52. The van der Waals surface area contributed by atoms with Crippen molar-refractivity contribution >= 4 is 28.4 Å². The van der Waals surface area contributed by atoms with Crippen LogP contribution in [0.1, 0.15) is 50.3 Å². The second-order valence-electron chi connectivity index (χ2n) is 15.9. The summed E-state index contributed by atoms with van der Waals surface area (Å²) in [4.78, 5) is 5.01. The third kappa shape index (κ3) is 5.08. The van der Waals surface area contributed by atoms with Crippen molar-refractivity contribution in [1.29, 1.82) is 0 Å². The molecule has 0 spiro atoms. The fourth-order valence-corrected chi connectivity index (χ4v) is 9.63. The average Bonchev–Trinajstić information content (AvgIpc) is 3.62. The monoisotopic (exact) mass is 696 g/mol. The van der Waals surface area contributed by atoms with Crippen LogP contribution in [0.4, 0.5) is 28.4 Å². The van der Waals surface area contributed by atoms with Gasteiger partial charge in [-0.2, -0.15) is 0 Å². The van der Waals surface area contributed by atoms with Gasteiger partial charge in [-0.05, 0) is 131 Å². The van der Waals surface area contributed by atoms with E-state index < -0.39 is 0 Å². The molecule has 0 radical (unpaired) electrons. The van der Waals surface area contributed by atoms with Gasteiger partial charge in [0.25, 0.3) is 0 Å². The molecule has 0 amide bonds. The van der Waals surface area contributed by atoms with Crippen molar-refractivity contribution in [3.8, 4) is 33.4 Å². The summed E-state index contributed by atoms with van der Waals surface area (Å²) in [6, 6.07) is 63.2. The molecule has 0 aromatic heterocycles. The molecule has 2 atom stereocenters. The third-order valence-electron chi connectivity index (χ3n) is 12.4. The molecular weight excluding hydrogens is 653 g/mol. The van der Waals surface area contributed by atoms with E-state index in [1.165, 1.54) is 61.4 Å². The van der Waals surface area contributed by atoms with Crippen molar-refractivity contribution in [1.82, 2.24) is 0 Å². The highest BCUT2D eigenvalue weighted by Crippen LogP contribution is 2.54. The van der Waals surface area contributed by atoms with Gasteiger partial charge in [0.1, 0.15) is 0 Å². The van der Waals surface area contributed by atoms with Crippen LogP contribution in [0.3, 0.4) is 0 Å². The number of nitrogens with zero attached hydrogens (tertiary/aromatic N) is 2. The smallest absolute Gasteiger partial charge is 0.0474 e. The Morgan fingerprint density at radius 2 is 1.13 bits per heavy atom. The molecule has 0 saturated heterocycles. The highest BCUT2D eigenvalue weighted by atomic mass is 15.2. The van der Waals surface area contributed by atoms with Gasteiger partial charge in [-0.1, -0.05) is 135 Å². The lowest BCUT2D eigenvalue weighted by atomic mass is 9.73. The predicted molar refractivity (Wildman–Crippen MR) is 228 cm³/mol. The molecule has 2 heteroatoms. The van der Waals surface area contributed by atoms with Gasteiger partial charge in [0.15, 0.2) is 0 Å². The Labute approximate surface area is 319 Å². The van der Waals surface area contributed by atoms with Gasteiger partial charge >= 0.3 is 0 Å². The summed E-state index contributed by atoms with van der Waals surface area (Å²) in [5, 5.41) is 0. The molecule has 7 aromatic rings. The van der Waals surface area contributed by atoms with Gasteiger partial charge in [0, 0.05) is 45.3 Å². The van der Waals surface area contributed by atoms with Gasteiger partial charge in [0.05, 0.1) is 0 Å². The molecule has 10 rings (SSSR count). The Bertz CT molecular complexity index is 2550. The molecule has 0 fully saturated rings. The van der Waals surface area contributed by atoms with Crippen molar-refractivity contribution in [3.05, 3.63) is 199 Å². The van der Waals surface area contributed by atoms with Crippen molar-refractivity contribution in [2.75, 3.05) is 9.80 Å². The topological polar surface area (TPSA) is 6.48 Å². The fourth-order valence-electron chi connectivity index (χ4n) is 9.63. The van der Waals surface area contributed by atoms with Crippen molar-refractivity contribution in [2.24, 2.45) is 0 Å². The van der Waals surface area contributed by atoms with Gasteiger partial charge in [-0.15, -0.1) is 0 Å². The Morgan fingerprint density at radius 3 is 1.94 bits per heavy atom. The van der Waals surface area contributed by atoms with Crippen LogP contribution in [-0.4, -0.2) is 6.04 Å². The van der Waals surface area contributed by atoms with Crippen LogP contribution < -0.4 is 9.80 Å². The predicted octanol–water partition coefficient (Wildman–Crippen LogP) is 13.9. The molecule has 2 unspecified atom stereocenters. The summed E-state index contributed by atoms with van der Waals surface area (Å²) in [7, 11) is 0. The minimum atomic E-state index is -0.0871. The van der Waals surface area contributed by atoms with Crippen LogP contribution in [0, 0.1) is 0 Å². The molecule has 0 saturated carbocycles. The number of para-hydroxylation sites is 1. The zero-order chi connectivity index (χ0) is 36.4. The molecule has 262 valence electrons. The Hall–Kier alpha value is -6.12. The standard InChI is InChI=1S/C52H44N2/c1-51(2)46-22-11-10-21-44(46)45-30-29-43(35-47(45)51)53(42-20-14-17-38(33-42)36-15-6-4-7-16-36)41-27-24-37(25-28-41)39-26-31-49-48(34-39)52(3)32-13-12-23-50(52)54(49)40-18-8-5-9-19-40/h4-11,13-22,24-35,50H,12,23H2,1-3H3. The van der Waals surface area contributed by atoms with Crippen LogP contribution in [-0.2, 0) is 10.8 Å². The lowest BCUT2D eigenvalue weighted by Gasteiger charge is -2.37. The first-order chi connectivity index (χ1) is 26.4. The summed E-state index contributed by atoms with van der Waals surface area (Å²) in [5.74, 6) is 0. The number of rotatable bonds is 6. The minimum Gasteiger partial charge on any atom is -0.337 e. The lowest BCUT2D eigenvalue weighted by Crippen LogP contribution is -2.41. The number of benzene rings is 7. The maximum Gasteiger partial charge on any atom is 0.0474 e. The van der Waals surface area contributed by atoms with E-state index in [9.17, 15) is 0 Å². The lowest BCUT2D eigenvalue weighted by molar-refractivity contribution is 0.441. The summed E-state index contributed by atoms with van der Waals surface area (Å²) >= 11 is 0. The number of allylic oxidation sites excluding steroid dienone is 1. The van der Waals surface area contributed by atoms with Crippen molar-refractivity contribution < 1.29 is 0 Å². The van der Waals surface area contributed by atoms with E-state index in [0.29, 0.717) is 6.04 Å². The van der Waals surface area contributed by atoms with Crippen LogP contribution in [0.25, 0.3) is 33.4 Å². The number of anilines is 5. The summed E-state index contributed by atoms with van der Waals surface area (Å²) < 4.78 is 0. The van der Waals surface area contributed by atoms with E-state index in [0.717, 1.165) is 29.9 Å². The molecule has 54 heavy (non-hydrogen) atoms. The quantitative estimate of drug-likeness (QED) is 0.160. The largest absolute Gasteiger partial charge is 0.337 e. The maximum absolute atomic E-state index is 2.59. The highest BCUT2D eigenvalue weighted by molar-refractivity contribution is 5.87. The molecule has 0 bridgehead atoms. The highest BCUT2D eigenvalue weighted by Gasteiger charge is 2.47. The minimum absolute atomic E-state index is 0.0407. The second-order valence-corrected chi connectivity index (χ2v) is 15.9. The summed E-state index contributed by atoms with van der Waals surface area (Å²) in [6.07, 6.45) is 7.11. The first kappa shape index (κ1) is 32.5. The molecule has 2 nitrogen and oxygen atoms in total. The zero-order valence-corrected chi connectivity index (χ0v) is 31.2. The van der Waals surface area contributed by atoms with Crippen molar-refractivity contribution in [2.45, 2.75) is 50.5 Å². The number of fused-ring (bicyclic) bond motifs is 6. The molecular formula is C52H44N2. The van der Waals surface area contributed by atoms with E-state index in [2.05, 4.69) is 213 Å². The Morgan fingerprint density at radius 1 is 0.500 bits per heavy atom. The van der Waals surface area contributed by atoms with Gasteiger partial charge in [-0.3, -0.25) is 0 Å². The van der Waals surface area contributed by atoms with E-state index in [4.69, 9.17) is 0 Å². The van der Waals surface area contributed by atoms with Crippen LogP contribution in [0.2, 0.25) is 0 Å². The molecule has 1 aliphatic heterocycles. The first-order valence-electron chi connectivity index (χ1n) is 19.4. The van der Waals surface area contributed by atoms with Crippen LogP contribution in [0.5, 0.6) is 0 Å². The second kappa shape index (κ2) is 12.5. The van der Waals surface area contributed by atoms with E-state index >= 15 is 0 Å². The van der Waals surface area contributed by atoms with Crippen LogP contribution >= 0.6 is 0 Å². The molecule has 0 N–H and O–H groups in total. The van der Waals surface area contributed by atoms with Gasteiger partial charge in [0.2, 0.25) is 0 Å². The zero-order valence-electron chi connectivity index (χ0n) is 31.2. The van der Waals surface area contributed by atoms with Gasteiger partial charge in [-0.25, -0.2) is 0 Å². The van der Waals surface area contributed by atoms with Crippen molar-refractivity contribution in [3.63, 3.8) is 0 Å². The number of hydrogen-bond donors (Lipinski definition) is 0. The van der Waals surface area contributed by atoms with Gasteiger partial charge < -0.3 is 9.80 Å². The maximum atomic E-state index is 2.59. The first-order valence-corrected chi connectivity index (χ1v) is 19.4. The summed E-state index contributed by atoms with van der Waals surface area (Å²) in [6.45, 7) is 7.15. The molecule has 3 aliphatic rings. The third-order valence-corrected chi connectivity index (χ3v) is 12.4. The molecule has 1 heterocycles. The molecule has 7 aromatic carbocycles. The summed E-state index contributed by atoms with van der Waals surface area (Å²) in [5.41, 5.74) is 17.7. The van der Waals surface area contributed by atoms with E-state index in [-0.39, 0.29) is 10.8 Å². The normalized spacial score (nSPS) is 18.8. The average molecular weight is 697 g/mol. The van der Waals surface area contributed by atoms with E-state index in [1.54, 1.807) is 0 Å². The van der Waals surface area contributed by atoms with Crippen LogP contribution in [0.15, 0.2) is 182 Å². The van der Waals surface area contributed by atoms with E-state index in [1.807, 2.05) is 0 Å². The molecule has 2 aliphatic carbocycles. The fraction of sp³-hybridized carbons (Fsp3) is 0.154. The Balaban J connectivity index is 1.06. The number of hydrogen-bond acceptors (Lipinski definition) is 2.